The third-order valence-corrected chi connectivity index (χ3v) is 4.17. The molecule has 0 unspecified atom stereocenters. The quantitative estimate of drug-likeness (QED) is 0.776. The van der Waals surface area contributed by atoms with Gasteiger partial charge in [-0.1, -0.05) is 13.8 Å². The van der Waals surface area contributed by atoms with Crippen LogP contribution in [0.2, 0.25) is 0 Å². The van der Waals surface area contributed by atoms with Crippen molar-refractivity contribution < 1.29 is 4.74 Å². The predicted octanol–water partition coefficient (Wildman–Crippen LogP) is 2.15. The van der Waals surface area contributed by atoms with E-state index in [4.69, 9.17) is 9.72 Å². The van der Waals surface area contributed by atoms with E-state index < -0.39 is 0 Å². The Labute approximate surface area is 121 Å². The number of nitrogens with one attached hydrogen (secondary N) is 1. The van der Waals surface area contributed by atoms with Crippen LogP contribution in [0.25, 0.3) is 0 Å². The summed E-state index contributed by atoms with van der Waals surface area (Å²) in [6.45, 7) is 9.28. The highest BCUT2D eigenvalue weighted by atomic mass is 16.5. The summed E-state index contributed by atoms with van der Waals surface area (Å²) in [5.41, 5.74) is 2.70. The lowest BCUT2D eigenvalue weighted by atomic mass is 10.1. The molecule has 3 rings (SSSR count). The number of hydrogen-bond acceptors (Lipinski definition) is 3. The van der Waals surface area contributed by atoms with Gasteiger partial charge in [0.25, 0.3) is 0 Å². The van der Waals surface area contributed by atoms with Crippen molar-refractivity contribution in [3.8, 4) is 0 Å². The van der Waals surface area contributed by atoms with Crippen LogP contribution in [-0.2, 0) is 30.7 Å². The van der Waals surface area contributed by atoms with Crippen molar-refractivity contribution in [3.05, 3.63) is 17.2 Å². The molecule has 2 heterocycles. The van der Waals surface area contributed by atoms with E-state index in [1.807, 2.05) is 0 Å². The minimum atomic E-state index is 0.651. The molecule has 1 saturated carbocycles. The summed E-state index contributed by atoms with van der Waals surface area (Å²) in [6, 6.07) is 0. The monoisotopic (exact) mass is 277 g/mol. The number of ether oxygens (including phenoxy) is 1. The molecule has 0 saturated heterocycles. The molecule has 0 atom stereocenters. The molecule has 1 N–H and O–H groups in total. The van der Waals surface area contributed by atoms with Crippen molar-refractivity contribution in [2.75, 3.05) is 19.8 Å². The second kappa shape index (κ2) is 6.27. The summed E-state index contributed by atoms with van der Waals surface area (Å²) >= 11 is 0. The van der Waals surface area contributed by atoms with Gasteiger partial charge >= 0.3 is 0 Å². The Morgan fingerprint density at radius 3 is 3.00 bits per heavy atom. The normalized spacial score (nSPS) is 18.6. The molecule has 4 nitrogen and oxygen atoms in total. The molecule has 0 aromatic carbocycles. The summed E-state index contributed by atoms with van der Waals surface area (Å²) in [4.78, 5) is 4.86. The molecule has 1 aliphatic carbocycles. The molecule has 2 aliphatic rings. The SMILES string of the molecule is CC(C)Cc1nc2c(n1CCOCC1CC1)CCNC2. The molecule has 0 spiro atoms. The number of hydrogen-bond donors (Lipinski definition) is 1. The average Bonchev–Trinajstić information content (AvgIpc) is 3.17. The molecular formula is C16H27N3O. The second-order valence-electron chi connectivity index (χ2n) is 6.62. The number of aromatic nitrogens is 2. The molecule has 1 aliphatic heterocycles. The van der Waals surface area contributed by atoms with Crippen LogP contribution in [0.5, 0.6) is 0 Å². The van der Waals surface area contributed by atoms with Gasteiger partial charge in [0.15, 0.2) is 0 Å². The van der Waals surface area contributed by atoms with Crippen molar-refractivity contribution in [1.29, 1.82) is 0 Å². The predicted molar refractivity (Wildman–Crippen MR) is 79.7 cm³/mol. The van der Waals surface area contributed by atoms with Crippen LogP contribution in [-0.4, -0.2) is 29.3 Å². The van der Waals surface area contributed by atoms with Gasteiger partial charge in [0.05, 0.1) is 12.3 Å². The van der Waals surface area contributed by atoms with Gasteiger partial charge in [0.1, 0.15) is 5.82 Å². The highest BCUT2D eigenvalue weighted by Crippen LogP contribution is 2.28. The molecule has 0 radical (unpaired) electrons. The fourth-order valence-corrected chi connectivity index (χ4v) is 2.90. The summed E-state index contributed by atoms with van der Waals surface area (Å²) < 4.78 is 8.25. The van der Waals surface area contributed by atoms with Gasteiger partial charge < -0.3 is 14.6 Å². The van der Waals surface area contributed by atoms with E-state index in [1.165, 1.54) is 30.1 Å². The lowest BCUT2D eigenvalue weighted by Crippen LogP contribution is -2.25. The number of fused-ring (bicyclic) bond motifs is 1. The molecule has 0 amide bonds. The van der Waals surface area contributed by atoms with E-state index in [2.05, 4.69) is 23.7 Å². The van der Waals surface area contributed by atoms with Gasteiger partial charge in [0, 0.05) is 44.8 Å². The van der Waals surface area contributed by atoms with Gasteiger partial charge in [0.2, 0.25) is 0 Å². The lowest BCUT2D eigenvalue weighted by Gasteiger charge is -2.16. The Kier molecular flexibility index (Phi) is 4.41. The Balaban J connectivity index is 1.66. The van der Waals surface area contributed by atoms with Crippen molar-refractivity contribution in [2.45, 2.75) is 52.6 Å². The number of imidazole rings is 1. The topological polar surface area (TPSA) is 39.1 Å². The van der Waals surface area contributed by atoms with Crippen molar-refractivity contribution in [2.24, 2.45) is 11.8 Å². The van der Waals surface area contributed by atoms with Gasteiger partial charge in [-0.05, 0) is 24.7 Å². The number of nitrogens with zero attached hydrogens (tertiary/aromatic N) is 2. The highest BCUT2D eigenvalue weighted by Gasteiger charge is 2.22. The first kappa shape index (κ1) is 14.1. The molecule has 1 aromatic rings. The van der Waals surface area contributed by atoms with Crippen LogP contribution in [0.4, 0.5) is 0 Å². The third kappa shape index (κ3) is 3.41. The molecule has 1 fully saturated rings. The maximum atomic E-state index is 5.82. The fourth-order valence-electron chi connectivity index (χ4n) is 2.90. The van der Waals surface area contributed by atoms with E-state index in [1.54, 1.807) is 0 Å². The standard InChI is InChI=1S/C16H27N3O/c1-12(2)9-16-18-14-10-17-6-5-15(14)19(16)7-8-20-11-13-3-4-13/h12-13,17H,3-11H2,1-2H3. The summed E-state index contributed by atoms with van der Waals surface area (Å²) in [5.74, 6) is 2.76. The average molecular weight is 277 g/mol. The highest BCUT2D eigenvalue weighted by molar-refractivity contribution is 5.20. The number of rotatable bonds is 7. The maximum absolute atomic E-state index is 5.82. The molecule has 0 bridgehead atoms. The van der Waals surface area contributed by atoms with Gasteiger partial charge in [-0.3, -0.25) is 0 Å². The molecule has 20 heavy (non-hydrogen) atoms. The zero-order valence-corrected chi connectivity index (χ0v) is 12.8. The Hall–Kier alpha value is -0.870. The van der Waals surface area contributed by atoms with E-state index in [0.29, 0.717) is 5.92 Å². The van der Waals surface area contributed by atoms with Crippen molar-refractivity contribution in [1.82, 2.24) is 14.9 Å². The van der Waals surface area contributed by atoms with Crippen LogP contribution in [0.1, 0.15) is 43.9 Å². The Bertz CT molecular complexity index is 449. The molecule has 1 aromatic heterocycles. The van der Waals surface area contributed by atoms with Crippen LogP contribution in [0.15, 0.2) is 0 Å². The zero-order valence-electron chi connectivity index (χ0n) is 12.8. The first-order valence-corrected chi connectivity index (χ1v) is 8.09. The van der Waals surface area contributed by atoms with Gasteiger partial charge in [-0.2, -0.15) is 0 Å². The molecule has 4 heteroatoms. The van der Waals surface area contributed by atoms with Crippen LogP contribution >= 0.6 is 0 Å². The summed E-state index contributed by atoms with van der Waals surface area (Å²) in [6.07, 6.45) is 4.90. The third-order valence-electron chi connectivity index (χ3n) is 4.17. The zero-order chi connectivity index (χ0) is 13.9. The largest absolute Gasteiger partial charge is 0.379 e. The minimum absolute atomic E-state index is 0.651. The van der Waals surface area contributed by atoms with E-state index in [9.17, 15) is 0 Å². The first-order valence-electron chi connectivity index (χ1n) is 8.09. The van der Waals surface area contributed by atoms with E-state index in [-0.39, 0.29) is 0 Å². The van der Waals surface area contributed by atoms with Crippen LogP contribution < -0.4 is 5.32 Å². The van der Waals surface area contributed by atoms with Gasteiger partial charge in [-0.15, -0.1) is 0 Å². The van der Waals surface area contributed by atoms with Crippen molar-refractivity contribution in [3.63, 3.8) is 0 Å². The minimum Gasteiger partial charge on any atom is -0.379 e. The summed E-state index contributed by atoms with van der Waals surface area (Å²) in [7, 11) is 0. The summed E-state index contributed by atoms with van der Waals surface area (Å²) in [5, 5.41) is 3.42. The Morgan fingerprint density at radius 2 is 2.25 bits per heavy atom. The fraction of sp³-hybridized carbons (Fsp3) is 0.812. The first-order chi connectivity index (χ1) is 9.74. The van der Waals surface area contributed by atoms with Crippen LogP contribution in [0, 0.1) is 11.8 Å². The van der Waals surface area contributed by atoms with E-state index >= 15 is 0 Å². The van der Waals surface area contributed by atoms with Crippen molar-refractivity contribution >= 4 is 0 Å². The Morgan fingerprint density at radius 1 is 1.40 bits per heavy atom. The lowest BCUT2D eigenvalue weighted by molar-refractivity contribution is 0.115. The van der Waals surface area contributed by atoms with E-state index in [0.717, 1.165) is 51.6 Å². The smallest absolute Gasteiger partial charge is 0.109 e. The molecule has 112 valence electrons. The maximum Gasteiger partial charge on any atom is 0.109 e. The second-order valence-corrected chi connectivity index (χ2v) is 6.62. The molecular weight excluding hydrogens is 250 g/mol. The van der Waals surface area contributed by atoms with Crippen LogP contribution in [0.3, 0.4) is 0 Å². The van der Waals surface area contributed by atoms with Gasteiger partial charge in [-0.25, -0.2) is 4.98 Å².